The second-order valence-corrected chi connectivity index (χ2v) is 7.99. The Morgan fingerprint density at radius 1 is 1.16 bits per heavy atom. The fraction of sp³-hybridized carbons (Fsp3) is 0.318. The SMILES string of the molecule is COCCOc1cc(Nc2nn(C(C)(C)C)c(-c3ccc(N)cc3)c2C(N)=O)ccn1. The molecule has 0 radical (unpaired) electrons. The van der Waals surface area contributed by atoms with Gasteiger partial charge in [0.1, 0.15) is 12.2 Å². The molecule has 1 aromatic carbocycles. The fourth-order valence-corrected chi connectivity index (χ4v) is 3.06. The van der Waals surface area contributed by atoms with E-state index in [1.807, 2.05) is 32.9 Å². The molecule has 0 aliphatic rings. The Kier molecular flexibility index (Phi) is 6.45. The molecule has 3 aromatic rings. The van der Waals surface area contributed by atoms with Crippen LogP contribution in [0.4, 0.5) is 17.2 Å². The van der Waals surface area contributed by atoms with Gasteiger partial charge in [0.15, 0.2) is 5.82 Å². The summed E-state index contributed by atoms with van der Waals surface area (Å²) in [5.74, 6) is 0.190. The molecule has 0 atom stereocenters. The number of primary amides is 1. The molecular formula is C22H28N6O3. The summed E-state index contributed by atoms with van der Waals surface area (Å²) in [7, 11) is 1.60. The quantitative estimate of drug-likeness (QED) is 0.374. The number of benzene rings is 1. The van der Waals surface area contributed by atoms with Crippen LogP contribution in [-0.4, -0.2) is 41.0 Å². The van der Waals surface area contributed by atoms with Crippen LogP contribution in [0.15, 0.2) is 42.6 Å². The lowest BCUT2D eigenvalue weighted by molar-refractivity contribution is 0.100. The highest BCUT2D eigenvalue weighted by Gasteiger charge is 2.29. The maximum Gasteiger partial charge on any atom is 0.254 e. The largest absolute Gasteiger partial charge is 0.475 e. The molecule has 2 aromatic heterocycles. The van der Waals surface area contributed by atoms with E-state index in [4.69, 9.17) is 26.0 Å². The van der Waals surface area contributed by atoms with Crippen molar-refractivity contribution < 1.29 is 14.3 Å². The van der Waals surface area contributed by atoms with E-state index in [9.17, 15) is 4.79 Å². The molecule has 0 spiro atoms. The van der Waals surface area contributed by atoms with Crippen LogP contribution >= 0.6 is 0 Å². The highest BCUT2D eigenvalue weighted by Crippen LogP contribution is 2.35. The topological polar surface area (TPSA) is 130 Å². The smallest absolute Gasteiger partial charge is 0.254 e. The average Bonchev–Trinajstić information content (AvgIpc) is 3.09. The molecule has 0 fully saturated rings. The number of hydrogen-bond donors (Lipinski definition) is 3. The zero-order valence-corrected chi connectivity index (χ0v) is 18.2. The number of amides is 1. The summed E-state index contributed by atoms with van der Waals surface area (Å²) in [6.07, 6.45) is 1.61. The number of pyridine rings is 1. The molecule has 3 rings (SSSR count). The molecule has 164 valence electrons. The first kappa shape index (κ1) is 22.1. The molecule has 31 heavy (non-hydrogen) atoms. The maximum absolute atomic E-state index is 12.5. The van der Waals surface area contributed by atoms with E-state index in [1.54, 1.807) is 42.3 Å². The Bertz CT molecular complexity index is 1050. The Morgan fingerprint density at radius 2 is 1.87 bits per heavy atom. The molecule has 0 aliphatic heterocycles. The fourth-order valence-electron chi connectivity index (χ4n) is 3.06. The average molecular weight is 425 g/mol. The van der Waals surface area contributed by atoms with Crippen molar-refractivity contribution >= 4 is 23.1 Å². The molecule has 0 saturated heterocycles. The van der Waals surface area contributed by atoms with E-state index in [2.05, 4.69) is 10.3 Å². The summed E-state index contributed by atoms with van der Waals surface area (Å²) >= 11 is 0. The van der Waals surface area contributed by atoms with Gasteiger partial charge in [-0.05, 0) is 39.0 Å². The normalized spacial score (nSPS) is 11.4. The summed E-state index contributed by atoms with van der Waals surface area (Å²) < 4.78 is 12.3. The Labute approximate surface area is 181 Å². The third kappa shape index (κ3) is 5.13. The highest BCUT2D eigenvalue weighted by atomic mass is 16.5. The molecule has 9 nitrogen and oxygen atoms in total. The number of nitrogens with zero attached hydrogens (tertiary/aromatic N) is 3. The van der Waals surface area contributed by atoms with E-state index in [-0.39, 0.29) is 0 Å². The highest BCUT2D eigenvalue weighted by molar-refractivity contribution is 6.04. The van der Waals surface area contributed by atoms with Crippen molar-refractivity contribution in [3.8, 4) is 17.1 Å². The van der Waals surface area contributed by atoms with Crippen molar-refractivity contribution in [3.63, 3.8) is 0 Å². The second kappa shape index (κ2) is 9.05. The molecule has 1 amide bonds. The molecule has 0 bridgehead atoms. The lowest BCUT2D eigenvalue weighted by Crippen LogP contribution is -2.24. The van der Waals surface area contributed by atoms with Crippen molar-refractivity contribution in [2.45, 2.75) is 26.3 Å². The first-order valence-corrected chi connectivity index (χ1v) is 9.84. The van der Waals surface area contributed by atoms with Gasteiger partial charge in [-0.1, -0.05) is 12.1 Å². The number of methoxy groups -OCH3 is 1. The minimum atomic E-state index is -0.588. The summed E-state index contributed by atoms with van der Waals surface area (Å²) in [4.78, 5) is 16.7. The lowest BCUT2D eigenvalue weighted by Gasteiger charge is -2.22. The zero-order chi connectivity index (χ0) is 22.6. The van der Waals surface area contributed by atoms with Crippen LogP contribution in [-0.2, 0) is 10.3 Å². The van der Waals surface area contributed by atoms with E-state index < -0.39 is 11.4 Å². The number of nitrogens with two attached hydrogens (primary N) is 2. The second-order valence-electron chi connectivity index (χ2n) is 7.99. The number of rotatable bonds is 8. The molecular weight excluding hydrogens is 396 g/mol. The third-order valence-corrected chi connectivity index (χ3v) is 4.49. The molecule has 9 heteroatoms. The first-order valence-electron chi connectivity index (χ1n) is 9.84. The predicted octanol–water partition coefficient (Wildman–Crippen LogP) is 3.15. The van der Waals surface area contributed by atoms with E-state index in [0.29, 0.717) is 47.5 Å². The summed E-state index contributed by atoms with van der Waals surface area (Å²) in [6.45, 7) is 6.84. The van der Waals surface area contributed by atoms with E-state index in [0.717, 1.165) is 5.56 Å². The number of ether oxygens (including phenoxy) is 2. The van der Waals surface area contributed by atoms with Crippen LogP contribution in [0.3, 0.4) is 0 Å². The number of nitrogens with one attached hydrogen (secondary N) is 1. The number of carbonyl (C=O) groups excluding carboxylic acids is 1. The van der Waals surface area contributed by atoms with Gasteiger partial charge < -0.3 is 26.3 Å². The van der Waals surface area contributed by atoms with E-state index in [1.165, 1.54) is 0 Å². The monoisotopic (exact) mass is 424 g/mol. The van der Waals surface area contributed by atoms with Gasteiger partial charge in [0.05, 0.1) is 17.8 Å². The summed E-state index contributed by atoms with van der Waals surface area (Å²) in [5.41, 5.74) is 14.2. The van der Waals surface area contributed by atoms with Crippen LogP contribution in [0.25, 0.3) is 11.3 Å². The van der Waals surface area contributed by atoms with Crippen molar-refractivity contribution in [1.82, 2.24) is 14.8 Å². The van der Waals surface area contributed by atoms with Crippen molar-refractivity contribution in [1.29, 1.82) is 0 Å². The van der Waals surface area contributed by atoms with Gasteiger partial charge in [-0.25, -0.2) is 4.98 Å². The number of anilines is 3. The number of aromatic nitrogens is 3. The standard InChI is InChI=1S/C22H28N6O3/c1-22(2,3)28-19(14-5-7-15(23)8-6-14)18(20(24)29)21(27-28)26-16-9-10-25-17(13-16)31-12-11-30-4/h5-10,13H,11-12,23H2,1-4H3,(H2,24,29)(H,25,26,27). The van der Waals surface area contributed by atoms with Gasteiger partial charge in [-0.2, -0.15) is 5.10 Å². The van der Waals surface area contributed by atoms with Gasteiger partial charge in [0, 0.05) is 36.3 Å². The molecule has 2 heterocycles. The lowest BCUT2D eigenvalue weighted by atomic mass is 10.0. The number of hydrogen-bond acceptors (Lipinski definition) is 7. The Morgan fingerprint density at radius 3 is 2.48 bits per heavy atom. The van der Waals surface area contributed by atoms with Crippen molar-refractivity contribution in [2.24, 2.45) is 5.73 Å². The summed E-state index contributed by atoms with van der Waals surface area (Å²) in [6, 6.07) is 10.7. The minimum absolute atomic E-state index is 0.290. The van der Waals surface area contributed by atoms with Crippen LogP contribution in [0.2, 0.25) is 0 Å². The van der Waals surface area contributed by atoms with Crippen molar-refractivity contribution in [3.05, 3.63) is 48.2 Å². The maximum atomic E-state index is 12.5. The summed E-state index contributed by atoms with van der Waals surface area (Å²) in [5, 5.41) is 7.88. The van der Waals surface area contributed by atoms with E-state index >= 15 is 0 Å². The predicted molar refractivity (Wildman–Crippen MR) is 120 cm³/mol. The molecule has 0 saturated carbocycles. The zero-order valence-electron chi connectivity index (χ0n) is 18.2. The molecule has 5 N–H and O–H groups in total. The van der Waals surface area contributed by atoms with Gasteiger partial charge in [-0.15, -0.1) is 0 Å². The first-order chi connectivity index (χ1) is 14.7. The third-order valence-electron chi connectivity index (χ3n) is 4.49. The van der Waals surface area contributed by atoms with Gasteiger partial charge in [0.2, 0.25) is 5.88 Å². The minimum Gasteiger partial charge on any atom is -0.475 e. The number of nitrogen functional groups attached to an aromatic ring is 1. The van der Waals surface area contributed by atoms with Gasteiger partial charge in [0.25, 0.3) is 5.91 Å². The number of carbonyl (C=O) groups is 1. The van der Waals surface area contributed by atoms with Crippen LogP contribution in [0, 0.1) is 0 Å². The van der Waals surface area contributed by atoms with Crippen LogP contribution < -0.4 is 21.5 Å². The molecule has 0 unspecified atom stereocenters. The van der Waals surface area contributed by atoms with Gasteiger partial charge in [-0.3, -0.25) is 9.48 Å². The molecule has 0 aliphatic carbocycles. The Hall–Kier alpha value is -3.59. The Balaban J connectivity index is 2.06. The van der Waals surface area contributed by atoms with Gasteiger partial charge >= 0.3 is 0 Å². The van der Waals surface area contributed by atoms with Crippen molar-refractivity contribution in [2.75, 3.05) is 31.4 Å². The van der Waals surface area contributed by atoms with Crippen LogP contribution in [0.1, 0.15) is 31.1 Å². The van der Waals surface area contributed by atoms with Crippen LogP contribution in [0.5, 0.6) is 5.88 Å².